The Morgan fingerprint density at radius 1 is 1.22 bits per heavy atom. The summed E-state index contributed by atoms with van der Waals surface area (Å²) >= 11 is 0.912. The Hall–Kier alpha value is -0.197. The van der Waals surface area contributed by atoms with Crippen LogP contribution in [-0.4, -0.2) is 0 Å². The van der Waals surface area contributed by atoms with Gasteiger partial charge in [-0.2, -0.15) is 0 Å². The van der Waals surface area contributed by atoms with Crippen molar-refractivity contribution in [1.29, 1.82) is 0 Å². The molecule has 0 unspecified atom stereocenters. The number of hydrogen-bond acceptors (Lipinski definition) is 1. The Bertz CT molecular complexity index is 162. The van der Waals surface area contributed by atoms with Crippen LogP contribution >= 0.6 is 0 Å². The molecule has 0 saturated heterocycles. The van der Waals surface area contributed by atoms with Crippen LogP contribution in [0.1, 0.15) is 5.56 Å². The summed E-state index contributed by atoms with van der Waals surface area (Å²) < 4.78 is 5.05. The number of benzene rings is 1. The quantitative estimate of drug-likeness (QED) is 0.617. The van der Waals surface area contributed by atoms with Gasteiger partial charge in [-0.3, -0.25) is 0 Å². The average Bonchev–Trinajstić information content (AvgIpc) is 1.91. The van der Waals surface area contributed by atoms with E-state index in [-0.39, 0.29) is 0 Å². The molecule has 0 saturated carbocycles. The molecule has 0 radical (unpaired) electrons. The maximum absolute atomic E-state index is 5.05. The van der Waals surface area contributed by atoms with Gasteiger partial charge >= 0.3 is 64.7 Å². The fraction of sp³-hybridized carbons (Fsp3) is 0.143. The molecule has 0 aliphatic carbocycles. The summed E-state index contributed by atoms with van der Waals surface area (Å²) in [5, 5.41) is 0. The molecule has 0 amide bonds. The van der Waals surface area contributed by atoms with Gasteiger partial charge in [0, 0.05) is 0 Å². The molecule has 0 fully saturated rings. The van der Waals surface area contributed by atoms with E-state index in [1.807, 2.05) is 18.2 Å². The third kappa shape index (κ3) is 2.25. The minimum atomic E-state index is 0.765. The van der Waals surface area contributed by atoms with Crippen LogP contribution in [0.4, 0.5) is 0 Å². The molecule has 1 nitrogen and oxygen atoms in total. The third-order valence-electron chi connectivity index (χ3n) is 1.11. The number of rotatable bonds is 2. The van der Waals surface area contributed by atoms with Crippen molar-refractivity contribution in [3.63, 3.8) is 0 Å². The van der Waals surface area contributed by atoms with Crippen LogP contribution in [0.5, 0.6) is 0 Å². The first kappa shape index (κ1) is 6.92. The molecule has 0 aliphatic rings. The van der Waals surface area contributed by atoms with Crippen LogP contribution < -0.4 is 0 Å². The first-order valence-electron chi connectivity index (χ1n) is 2.84. The average molecular weight is 173 g/mol. The summed E-state index contributed by atoms with van der Waals surface area (Å²) in [4.78, 5) is 0. The molecule has 0 aliphatic heterocycles. The molecule has 2 heteroatoms. The first-order valence-corrected chi connectivity index (χ1v) is 4.05. The van der Waals surface area contributed by atoms with Crippen molar-refractivity contribution in [3.05, 3.63) is 35.9 Å². The van der Waals surface area contributed by atoms with Gasteiger partial charge < -0.3 is 0 Å². The van der Waals surface area contributed by atoms with Crippen molar-refractivity contribution in [3.8, 4) is 0 Å². The molecule has 1 rings (SSSR count). The zero-order valence-corrected chi connectivity index (χ0v) is 8.18. The molecule has 0 bridgehead atoms. The molecule has 0 N–H and O–H groups in total. The Morgan fingerprint density at radius 3 is 2.44 bits per heavy atom. The number of hydrogen-bond donors (Lipinski definition) is 0. The van der Waals surface area contributed by atoms with Crippen LogP contribution in [0.25, 0.3) is 0 Å². The van der Waals surface area contributed by atoms with Gasteiger partial charge in [0.2, 0.25) is 0 Å². The molecule has 9 heavy (non-hydrogen) atoms. The van der Waals surface area contributed by atoms with Gasteiger partial charge in [0.15, 0.2) is 0 Å². The second kappa shape index (κ2) is 3.76. The van der Waals surface area contributed by atoms with Crippen molar-refractivity contribution < 1.29 is 22.2 Å². The molecule has 43 valence electrons. The summed E-state index contributed by atoms with van der Waals surface area (Å²) in [5.41, 5.74) is 1.25. The van der Waals surface area contributed by atoms with Gasteiger partial charge in [0.1, 0.15) is 0 Å². The van der Waals surface area contributed by atoms with Gasteiger partial charge in [0.05, 0.1) is 0 Å². The fourth-order valence-electron chi connectivity index (χ4n) is 0.692. The van der Waals surface area contributed by atoms with Crippen LogP contribution in [0, 0.1) is 0 Å². The zero-order chi connectivity index (χ0) is 6.53. The van der Waals surface area contributed by atoms with Crippen molar-refractivity contribution in [1.82, 2.24) is 0 Å². The second-order valence-electron chi connectivity index (χ2n) is 1.83. The predicted octanol–water partition coefficient (Wildman–Crippen LogP) is 1.67. The summed E-state index contributed by atoms with van der Waals surface area (Å²) in [6.07, 6.45) is 0. The standard InChI is InChI=1S/C7H7O.Zn/c8-6-7-4-2-1-3-5-7;/h1-5H,6H2;/q-1;+1. The van der Waals surface area contributed by atoms with Crippen LogP contribution in [-0.2, 0) is 28.8 Å². The van der Waals surface area contributed by atoms with E-state index in [1.165, 1.54) is 5.56 Å². The van der Waals surface area contributed by atoms with E-state index in [4.69, 9.17) is 3.56 Å². The van der Waals surface area contributed by atoms with E-state index in [1.54, 1.807) is 0 Å². The Labute approximate surface area is 65.1 Å². The van der Waals surface area contributed by atoms with E-state index in [9.17, 15) is 0 Å². The molecular weight excluding hydrogens is 165 g/mol. The van der Waals surface area contributed by atoms with Gasteiger partial charge in [-0.15, -0.1) is 0 Å². The van der Waals surface area contributed by atoms with E-state index in [0.29, 0.717) is 0 Å². The van der Waals surface area contributed by atoms with Gasteiger partial charge in [-0.05, 0) is 0 Å². The van der Waals surface area contributed by atoms with E-state index < -0.39 is 0 Å². The fourth-order valence-corrected chi connectivity index (χ4v) is 1.19. The molecule has 0 heterocycles. The van der Waals surface area contributed by atoms with E-state index in [0.717, 1.165) is 25.3 Å². The molecular formula is C7H7OZn. The van der Waals surface area contributed by atoms with E-state index in [2.05, 4.69) is 12.1 Å². The SMILES string of the molecule is [Zn][O]Cc1ccccc1. The van der Waals surface area contributed by atoms with E-state index >= 15 is 0 Å². The topological polar surface area (TPSA) is 9.23 Å². The van der Waals surface area contributed by atoms with Crippen LogP contribution in [0.15, 0.2) is 30.3 Å². The Kier molecular flexibility index (Phi) is 2.89. The van der Waals surface area contributed by atoms with Crippen LogP contribution in [0.3, 0.4) is 0 Å². The van der Waals surface area contributed by atoms with Crippen molar-refractivity contribution in [2.24, 2.45) is 0 Å². The Balaban J connectivity index is 2.61. The summed E-state index contributed by atoms with van der Waals surface area (Å²) in [6.45, 7) is 0.765. The van der Waals surface area contributed by atoms with Crippen molar-refractivity contribution >= 4 is 0 Å². The summed E-state index contributed by atoms with van der Waals surface area (Å²) in [5.74, 6) is 0. The van der Waals surface area contributed by atoms with Gasteiger partial charge in [0.25, 0.3) is 0 Å². The zero-order valence-electron chi connectivity index (χ0n) is 5.21. The van der Waals surface area contributed by atoms with Crippen molar-refractivity contribution in [2.45, 2.75) is 6.61 Å². The third-order valence-corrected chi connectivity index (χ3v) is 1.54. The van der Waals surface area contributed by atoms with Crippen LogP contribution in [0.2, 0.25) is 0 Å². The van der Waals surface area contributed by atoms with Gasteiger partial charge in [-0.25, -0.2) is 0 Å². The second-order valence-corrected chi connectivity index (χ2v) is 2.69. The van der Waals surface area contributed by atoms with Crippen molar-refractivity contribution in [2.75, 3.05) is 0 Å². The molecule has 0 spiro atoms. The van der Waals surface area contributed by atoms with Gasteiger partial charge in [-0.1, -0.05) is 0 Å². The predicted molar refractivity (Wildman–Crippen MR) is 31.2 cm³/mol. The monoisotopic (exact) mass is 171 g/mol. The first-order chi connectivity index (χ1) is 4.43. The molecule has 1 aromatic rings. The maximum atomic E-state index is 5.05. The molecule has 0 aromatic heterocycles. The minimum absolute atomic E-state index is 0.765. The Morgan fingerprint density at radius 2 is 1.89 bits per heavy atom. The molecule has 1 aromatic carbocycles. The summed E-state index contributed by atoms with van der Waals surface area (Å²) in [6, 6.07) is 10.2. The molecule has 0 atom stereocenters. The normalized spacial score (nSPS) is 9.56. The summed E-state index contributed by atoms with van der Waals surface area (Å²) in [7, 11) is 0.